The van der Waals surface area contributed by atoms with Crippen molar-refractivity contribution in [2.24, 2.45) is 5.92 Å². The molecular weight excluding hydrogens is 330 g/mol. The number of carbonyl (C=O) groups excluding carboxylic acids is 1. The summed E-state index contributed by atoms with van der Waals surface area (Å²) in [6, 6.07) is 21.9. The highest BCUT2D eigenvalue weighted by molar-refractivity contribution is 5.91. The molecular formula is C25H27NO. The molecule has 1 N–H and O–H groups in total. The van der Waals surface area contributed by atoms with Crippen LogP contribution in [0.2, 0.25) is 0 Å². The van der Waals surface area contributed by atoms with Crippen LogP contribution in [0.25, 0.3) is 21.9 Å². The second kappa shape index (κ2) is 7.96. The van der Waals surface area contributed by atoms with Gasteiger partial charge in [0, 0.05) is 12.5 Å². The van der Waals surface area contributed by atoms with Crippen molar-refractivity contribution in [2.45, 2.75) is 39.0 Å². The van der Waals surface area contributed by atoms with E-state index >= 15 is 0 Å². The van der Waals surface area contributed by atoms with Crippen LogP contribution < -0.4 is 5.32 Å². The van der Waals surface area contributed by atoms with Gasteiger partial charge in [-0.2, -0.15) is 0 Å². The lowest BCUT2D eigenvalue weighted by Crippen LogP contribution is -2.35. The number of rotatable bonds is 6. The number of benzene rings is 3. The van der Waals surface area contributed by atoms with Crippen LogP contribution in [0.4, 0.5) is 0 Å². The minimum atomic E-state index is 0.235. The van der Waals surface area contributed by atoms with Gasteiger partial charge < -0.3 is 5.32 Å². The van der Waals surface area contributed by atoms with E-state index in [9.17, 15) is 4.79 Å². The molecule has 0 spiro atoms. The van der Waals surface area contributed by atoms with Gasteiger partial charge in [-0.1, -0.05) is 67.9 Å². The molecule has 0 aromatic heterocycles. The maximum Gasteiger partial charge on any atom is 0.223 e. The molecule has 0 aliphatic heterocycles. The normalized spacial score (nSPS) is 14.1. The highest BCUT2D eigenvalue weighted by Gasteiger charge is 2.24. The van der Waals surface area contributed by atoms with Gasteiger partial charge in [0.2, 0.25) is 5.91 Å². The zero-order valence-corrected chi connectivity index (χ0v) is 16.0. The molecule has 1 saturated carbocycles. The minimum absolute atomic E-state index is 0.235. The smallest absolute Gasteiger partial charge is 0.223 e. The predicted octanol–water partition coefficient (Wildman–Crippen LogP) is 5.53. The molecule has 1 aliphatic carbocycles. The summed E-state index contributed by atoms with van der Waals surface area (Å²) in [5.74, 6) is 0.489. The Morgan fingerprint density at radius 3 is 2.52 bits per heavy atom. The molecule has 138 valence electrons. The zero-order valence-electron chi connectivity index (χ0n) is 16.0. The van der Waals surface area contributed by atoms with Crippen LogP contribution in [0.15, 0.2) is 60.7 Å². The first-order valence-electron chi connectivity index (χ1n) is 10.1. The van der Waals surface area contributed by atoms with Crippen LogP contribution in [0.5, 0.6) is 0 Å². The fourth-order valence-electron chi connectivity index (χ4n) is 3.84. The summed E-state index contributed by atoms with van der Waals surface area (Å²) in [4.78, 5) is 12.2. The molecule has 2 heteroatoms. The summed E-state index contributed by atoms with van der Waals surface area (Å²) in [7, 11) is 0. The Bertz CT molecular complexity index is 941. The first kappa shape index (κ1) is 17.8. The first-order chi connectivity index (χ1) is 13.2. The van der Waals surface area contributed by atoms with Crippen molar-refractivity contribution in [2.75, 3.05) is 6.54 Å². The Morgan fingerprint density at radius 1 is 1.00 bits per heavy atom. The van der Waals surface area contributed by atoms with Crippen molar-refractivity contribution in [1.82, 2.24) is 5.32 Å². The highest BCUT2D eigenvalue weighted by Crippen LogP contribution is 2.29. The summed E-state index contributed by atoms with van der Waals surface area (Å²) in [6.07, 6.45) is 5.20. The van der Waals surface area contributed by atoms with Crippen molar-refractivity contribution in [1.29, 1.82) is 0 Å². The molecule has 0 saturated heterocycles. The lowest BCUT2D eigenvalue weighted by atomic mass is 9.85. The van der Waals surface area contributed by atoms with E-state index in [1.807, 2.05) is 0 Å². The minimum Gasteiger partial charge on any atom is -0.356 e. The monoisotopic (exact) mass is 357 g/mol. The van der Waals surface area contributed by atoms with Crippen LogP contribution in [0, 0.1) is 5.92 Å². The van der Waals surface area contributed by atoms with Gasteiger partial charge in [-0.15, -0.1) is 0 Å². The van der Waals surface area contributed by atoms with Gasteiger partial charge in [0.15, 0.2) is 0 Å². The second-order valence-corrected chi connectivity index (χ2v) is 7.58. The van der Waals surface area contributed by atoms with Crippen LogP contribution in [0.1, 0.15) is 37.3 Å². The van der Waals surface area contributed by atoms with Crippen molar-refractivity contribution in [3.05, 3.63) is 71.8 Å². The van der Waals surface area contributed by atoms with Crippen molar-refractivity contribution in [3.8, 4) is 11.1 Å². The third-order valence-corrected chi connectivity index (χ3v) is 5.79. The number of amides is 1. The summed E-state index contributed by atoms with van der Waals surface area (Å²) in [6.45, 7) is 2.90. The molecule has 1 amide bonds. The quantitative estimate of drug-likeness (QED) is 0.617. The van der Waals surface area contributed by atoms with Crippen LogP contribution in [-0.4, -0.2) is 12.5 Å². The number of fused-ring (bicyclic) bond motifs is 1. The SMILES string of the molecule is CCc1ccc2cc(-c3ccccc3)cc(CCNC(=O)C3CCC3)c2c1. The van der Waals surface area contributed by atoms with Gasteiger partial charge in [0.1, 0.15) is 0 Å². The summed E-state index contributed by atoms with van der Waals surface area (Å²) in [5, 5.41) is 5.73. The number of carbonyl (C=O) groups is 1. The average Bonchev–Trinajstić information content (AvgIpc) is 2.66. The Kier molecular flexibility index (Phi) is 5.24. The molecule has 3 aromatic carbocycles. The Balaban J connectivity index is 1.63. The van der Waals surface area contributed by atoms with E-state index in [-0.39, 0.29) is 11.8 Å². The lowest BCUT2D eigenvalue weighted by Gasteiger charge is -2.24. The van der Waals surface area contributed by atoms with Gasteiger partial charge in [0.25, 0.3) is 0 Å². The fourth-order valence-corrected chi connectivity index (χ4v) is 3.84. The molecule has 0 atom stereocenters. The van der Waals surface area contributed by atoms with Crippen molar-refractivity contribution >= 4 is 16.7 Å². The van der Waals surface area contributed by atoms with Gasteiger partial charge in [-0.25, -0.2) is 0 Å². The number of nitrogens with one attached hydrogen (secondary N) is 1. The molecule has 1 aliphatic rings. The molecule has 1 fully saturated rings. The van der Waals surface area contributed by atoms with E-state index < -0.39 is 0 Å². The third-order valence-electron chi connectivity index (χ3n) is 5.79. The molecule has 0 unspecified atom stereocenters. The Labute approximate surface area is 161 Å². The molecule has 3 aromatic rings. The van der Waals surface area contributed by atoms with E-state index in [2.05, 4.69) is 72.9 Å². The van der Waals surface area contributed by atoms with Crippen molar-refractivity contribution in [3.63, 3.8) is 0 Å². The van der Waals surface area contributed by atoms with Crippen LogP contribution >= 0.6 is 0 Å². The number of aryl methyl sites for hydroxylation is 1. The maximum absolute atomic E-state index is 12.2. The first-order valence-corrected chi connectivity index (χ1v) is 10.1. The summed E-state index contributed by atoms with van der Waals surface area (Å²) < 4.78 is 0. The van der Waals surface area contributed by atoms with Gasteiger partial charge in [-0.3, -0.25) is 4.79 Å². The van der Waals surface area contributed by atoms with Crippen LogP contribution in [0.3, 0.4) is 0 Å². The van der Waals surface area contributed by atoms with E-state index in [1.165, 1.54) is 39.4 Å². The Hall–Kier alpha value is -2.61. The largest absolute Gasteiger partial charge is 0.356 e. The van der Waals surface area contributed by atoms with E-state index in [0.29, 0.717) is 6.54 Å². The average molecular weight is 357 g/mol. The number of hydrogen-bond donors (Lipinski definition) is 1. The highest BCUT2D eigenvalue weighted by atomic mass is 16.1. The molecule has 27 heavy (non-hydrogen) atoms. The third kappa shape index (κ3) is 3.90. The molecule has 0 bridgehead atoms. The van der Waals surface area contributed by atoms with E-state index in [0.717, 1.165) is 25.7 Å². The maximum atomic E-state index is 12.2. The second-order valence-electron chi connectivity index (χ2n) is 7.58. The summed E-state index contributed by atoms with van der Waals surface area (Å²) >= 11 is 0. The predicted molar refractivity (Wildman–Crippen MR) is 113 cm³/mol. The number of hydrogen-bond acceptors (Lipinski definition) is 1. The molecule has 2 nitrogen and oxygen atoms in total. The molecule has 4 rings (SSSR count). The van der Waals surface area contributed by atoms with Gasteiger partial charge >= 0.3 is 0 Å². The summed E-state index contributed by atoms with van der Waals surface area (Å²) in [5.41, 5.74) is 5.15. The molecule has 0 heterocycles. The standard InChI is InChI=1S/C25H27NO/c1-2-18-11-12-21-16-23(19-7-4-3-5-8-19)17-22(24(21)15-18)13-14-26-25(27)20-9-6-10-20/h3-5,7-8,11-12,15-17,20H,2,6,9-10,13-14H2,1H3,(H,26,27). The van der Waals surface area contributed by atoms with Gasteiger partial charge in [-0.05, 0) is 64.8 Å². The van der Waals surface area contributed by atoms with Gasteiger partial charge in [0.05, 0.1) is 0 Å². The molecule has 0 radical (unpaired) electrons. The zero-order chi connectivity index (χ0) is 18.6. The van der Waals surface area contributed by atoms with E-state index in [4.69, 9.17) is 0 Å². The Morgan fingerprint density at radius 2 is 1.81 bits per heavy atom. The van der Waals surface area contributed by atoms with Crippen LogP contribution in [-0.2, 0) is 17.6 Å². The lowest BCUT2D eigenvalue weighted by molar-refractivity contribution is -0.127. The van der Waals surface area contributed by atoms with E-state index in [1.54, 1.807) is 0 Å². The van der Waals surface area contributed by atoms with Crippen molar-refractivity contribution < 1.29 is 4.79 Å². The fraction of sp³-hybridized carbons (Fsp3) is 0.320. The topological polar surface area (TPSA) is 29.1 Å².